The summed E-state index contributed by atoms with van der Waals surface area (Å²) in [6, 6.07) is 70.8. The normalized spacial score (nSPS) is 19.8. The highest BCUT2D eigenvalue weighted by Gasteiger charge is 2.67. The van der Waals surface area contributed by atoms with Gasteiger partial charge in [-0.05, 0) is 60.7 Å². The van der Waals surface area contributed by atoms with Gasteiger partial charge >= 0.3 is 8.60 Å². The zero-order chi connectivity index (χ0) is 38.0. The van der Waals surface area contributed by atoms with Crippen LogP contribution in [0.2, 0.25) is 0 Å². The molecule has 5 nitrogen and oxygen atoms in total. The molecule has 278 valence electrons. The van der Waals surface area contributed by atoms with E-state index in [9.17, 15) is 0 Å². The summed E-state index contributed by atoms with van der Waals surface area (Å²) in [6.45, 7) is 3.93. The van der Waals surface area contributed by atoms with Crippen LogP contribution >= 0.6 is 16.5 Å². The number of benzene rings is 7. The van der Waals surface area contributed by atoms with Crippen LogP contribution in [-0.2, 0) is 29.7 Å². The molecule has 0 N–H and O–H groups in total. The molecule has 0 radical (unpaired) electrons. The molecule has 2 aliphatic rings. The third kappa shape index (κ3) is 6.69. The number of para-hydroxylation sites is 1. The lowest BCUT2D eigenvalue weighted by Gasteiger charge is -2.41. The summed E-state index contributed by atoms with van der Waals surface area (Å²) < 4.78 is 37.0. The average molecular weight is 773 g/mol. The Morgan fingerprint density at radius 1 is 0.429 bits per heavy atom. The zero-order valence-electron chi connectivity index (χ0n) is 31.2. The third-order valence-electron chi connectivity index (χ3n) is 10.5. The fourth-order valence-corrected chi connectivity index (χ4v) is 12.0. The van der Waals surface area contributed by atoms with Crippen molar-refractivity contribution in [2.75, 3.05) is 0 Å². The van der Waals surface area contributed by atoms with Gasteiger partial charge in [-0.1, -0.05) is 200 Å². The van der Waals surface area contributed by atoms with Crippen LogP contribution in [0, 0.1) is 0 Å². The smallest absolute Gasteiger partial charge is 0.399 e. The molecule has 56 heavy (non-hydrogen) atoms. The van der Waals surface area contributed by atoms with E-state index in [1.807, 2.05) is 98.8 Å². The van der Waals surface area contributed by atoms with Crippen LogP contribution in [0.4, 0.5) is 0 Å². The van der Waals surface area contributed by atoms with Crippen LogP contribution in [0.25, 0.3) is 0 Å². The Morgan fingerprint density at radius 2 is 0.750 bits per heavy atom. The molecule has 0 aromatic heterocycles. The second-order valence-corrected chi connectivity index (χ2v) is 17.6. The van der Waals surface area contributed by atoms with Gasteiger partial charge in [0.05, 0.1) is 0 Å². The standard InChI is InChI=1S/C49H42O5P2/c1-47(2)50-45-46(51-47)49(39-27-13-5-14-28-39,40-29-15-6-16-30-40)54-56(53-48(45,37-23-9-3-10-24-37)38-25-11-4-12-26-38)52-43-35-21-22-36-44(43)55(41-31-17-7-18-32-41)42-33-19-8-20-34-42/h3-36,45-46H,1-2H3/t45-,46-/m1/s1. The van der Waals surface area contributed by atoms with Gasteiger partial charge in [-0.2, -0.15) is 0 Å². The average Bonchev–Trinajstić information content (AvgIpc) is 3.54. The number of hydrogen-bond acceptors (Lipinski definition) is 5. The lowest BCUT2D eigenvalue weighted by atomic mass is 9.72. The largest absolute Gasteiger partial charge is 0.426 e. The highest BCUT2D eigenvalue weighted by molar-refractivity contribution is 7.80. The Balaban J connectivity index is 1.30. The lowest BCUT2D eigenvalue weighted by molar-refractivity contribution is -0.175. The molecule has 2 fully saturated rings. The van der Waals surface area contributed by atoms with Crippen molar-refractivity contribution in [3.63, 3.8) is 0 Å². The molecule has 0 unspecified atom stereocenters. The van der Waals surface area contributed by atoms with Crippen molar-refractivity contribution in [2.24, 2.45) is 0 Å². The number of rotatable bonds is 9. The number of fused-ring (bicyclic) bond motifs is 1. The molecule has 0 aliphatic carbocycles. The minimum atomic E-state index is -2.23. The Labute approximate surface area is 331 Å². The predicted molar refractivity (Wildman–Crippen MR) is 226 cm³/mol. The second kappa shape index (κ2) is 15.5. The summed E-state index contributed by atoms with van der Waals surface area (Å²) >= 11 is 0. The van der Waals surface area contributed by atoms with Gasteiger partial charge in [0.15, 0.2) is 17.0 Å². The van der Waals surface area contributed by atoms with Crippen molar-refractivity contribution < 1.29 is 23.0 Å². The predicted octanol–water partition coefficient (Wildman–Crippen LogP) is 10.5. The second-order valence-electron chi connectivity index (χ2n) is 14.4. The van der Waals surface area contributed by atoms with E-state index in [1.165, 1.54) is 10.6 Å². The maximum atomic E-state index is 7.65. The van der Waals surface area contributed by atoms with Gasteiger partial charge in [-0.3, -0.25) is 9.05 Å². The molecule has 0 saturated carbocycles. The Bertz CT molecular complexity index is 2130. The molecule has 7 heteroatoms. The van der Waals surface area contributed by atoms with Gasteiger partial charge in [-0.15, -0.1) is 0 Å². The van der Waals surface area contributed by atoms with E-state index >= 15 is 0 Å². The number of ether oxygens (including phenoxy) is 2. The van der Waals surface area contributed by atoms with Gasteiger partial charge in [0.2, 0.25) is 0 Å². The van der Waals surface area contributed by atoms with E-state index in [2.05, 4.69) is 121 Å². The van der Waals surface area contributed by atoms with Gasteiger partial charge in [0.1, 0.15) is 18.0 Å². The van der Waals surface area contributed by atoms with Crippen LogP contribution in [0.1, 0.15) is 36.1 Å². The molecule has 2 atom stereocenters. The van der Waals surface area contributed by atoms with Crippen molar-refractivity contribution in [3.8, 4) is 5.75 Å². The van der Waals surface area contributed by atoms with Gasteiger partial charge in [-0.25, -0.2) is 0 Å². The van der Waals surface area contributed by atoms with E-state index in [0.717, 1.165) is 27.6 Å². The van der Waals surface area contributed by atoms with Gasteiger partial charge in [0.25, 0.3) is 0 Å². The Kier molecular flexibility index (Phi) is 10.2. The van der Waals surface area contributed by atoms with Crippen molar-refractivity contribution in [2.45, 2.75) is 43.0 Å². The molecule has 2 saturated heterocycles. The van der Waals surface area contributed by atoms with Crippen molar-refractivity contribution in [3.05, 3.63) is 229 Å². The molecule has 9 rings (SSSR count). The van der Waals surface area contributed by atoms with Crippen molar-refractivity contribution >= 4 is 32.4 Å². The molecule has 0 amide bonds. The summed E-state index contributed by atoms with van der Waals surface area (Å²) in [4.78, 5) is 0. The zero-order valence-corrected chi connectivity index (χ0v) is 33.0. The Morgan fingerprint density at radius 3 is 1.12 bits per heavy atom. The van der Waals surface area contributed by atoms with Crippen LogP contribution in [-0.4, -0.2) is 18.0 Å². The van der Waals surface area contributed by atoms with E-state index < -0.39 is 45.7 Å². The summed E-state index contributed by atoms with van der Waals surface area (Å²) in [5.74, 6) is -0.294. The fraction of sp³-hybridized carbons (Fsp3) is 0.143. The third-order valence-corrected chi connectivity index (χ3v) is 14.2. The van der Waals surface area contributed by atoms with Gasteiger partial charge < -0.3 is 14.0 Å². The molecule has 0 bridgehead atoms. The number of hydrogen-bond donors (Lipinski definition) is 0. The topological polar surface area (TPSA) is 46.2 Å². The summed E-state index contributed by atoms with van der Waals surface area (Å²) in [6.07, 6.45) is -1.39. The van der Waals surface area contributed by atoms with E-state index in [0.29, 0.717) is 5.75 Å². The van der Waals surface area contributed by atoms with Crippen LogP contribution in [0.3, 0.4) is 0 Å². The molecule has 2 aliphatic heterocycles. The quantitative estimate of drug-likeness (QED) is 0.137. The van der Waals surface area contributed by atoms with Crippen molar-refractivity contribution in [1.82, 2.24) is 0 Å². The SMILES string of the molecule is CC1(C)O[C@@H]2[C@@H](O1)C(c1ccccc1)(c1ccccc1)OP(Oc1ccccc1P(c1ccccc1)c1ccccc1)OC2(c1ccccc1)c1ccccc1. The lowest BCUT2D eigenvalue weighted by Crippen LogP contribution is -2.53. The first-order valence-electron chi connectivity index (χ1n) is 18.9. The molecular formula is C49H42O5P2. The highest BCUT2D eigenvalue weighted by atomic mass is 31.2. The maximum Gasteiger partial charge on any atom is 0.399 e. The first kappa shape index (κ1) is 36.7. The molecular weight excluding hydrogens is 730 g/mol. The fourth-order valence-electron chi connectivity index (χ4n) is 8.08. The van der Waals surface area contributed by atoms with E-state index in [4.69, 9.17) is 23.0 Å². The molecule has 7 aromatic rings. The first-order valence-corrected chi connectivity index (χ1v) is 21.3. The molecule has 7 aromatic carbocycles. The minimum Gasteiger partial charge on any atom is -0.426 e. The van der Waals surface area contributed by atoms with E-state index in [-0.39, 0.29) is 0 Å². The summed E-state index contributed by atoms with van der Waals surface area (Å²) in [5, 5.41) is 3.48. The van der Waals surface area contributed by atoms with Crippen LogP contribution in [0.15, 0.2) is 206 Å². The van der Waals surface area contributed by atoms with Crippen LogP contribution < -0.4 is 20.4 Å². The molecule has 0 spiro atoms. The summed E-state index contributed by atoms with van der Waals surface area (Å²) in [7, 11) is -3.25. The first-order chi connectivity index (χ1) is 27.5. The molecule has 2 heterocycles. The van der Waals surface area contributed by atoms with Gasteiger partial charge in [0, 0.05) is 5.30 Å². The Hall–Kier alpha value is -4.96. The monoisotopic (exact) mass is 772 g/mol. The van der Waals surface area contributed by atoms with Crippen LogP contribution in [0.5, 0.6) is 5.75 Å². The highest BCUT2D eigenvalue weighted by Crippen LogP contribution is 2.65. The minimum absolute atomic E-state index is 0.691. The maximum absolute atomic E-state index is 7.65. The van der Waals surface area contributed by atoms with E-state index in [1.54, 1.807) is 0 Å². The van der Waals surface area contributed by atoms with Crippen molar-refractivity contribution in [1.29, 1.82) is 0 Å². The summed E-state index contributed by atoms with van der Waals surface area (Å²) in [5.41, 5.74) is 1.17.